The van der Waals surface area contributed by atoms with E-state index in [1.54, 1.807) is 19.1 Å². The van der Waals surface area contributed by atoms with Crippen LogP contribution in [0.2, 0.25) is 0 Å². The molecule has 0 heterocycles. The predicted octanol–water partition coefficient (Wildman–Crippen LogP) is 3.83. The molecular formula is C18H18F3NO2. The molecule has 1 amide bonds. The van der Waals surface area contributed by atoms with Crippen LogP contribution in [0.4, 0.5) is 13.2 Å². The van der Waals surface area contributed by atoms with Crippen LogP contribution in [0.25, 0.3) is 0 Å². The van der Waals surface area contributed by atoms with Gasteiger partial charge in [-0.2, -0.15) is 13.2 Å². The number of hydrogen-bond donors (Lipinski definition) is 1. The molecule has 6 heteroatoms. The number of ether oxygens (including phenoxy) is 1. The third kappa shape index (κ3) is 5.30. The zero-order chi connectivity index (χ0) is 17.6. The average Bonchev–Trinajstić information content (AvgIpc) is 2.55. The molecule has 0 aromatic heterocycles. The van der Waals surface area contributed by atoms with Gasteiger partial charge in [0.15, 0.2) is 6.10 Å². The monoisotopic (exact) mass is 337 g/mol. The van der Waals surface area contributed by atoms with Crippen molar-refractivity contribution in [1.29, 1.82) is 0 Å². The van der Waals surface area contributed by atoms with Crippen molar-refractivity contribution in [3.8, 4) is 5.75 Å². The zero-order valence-corrected chi connectivity index (χ0v) is 13.1. The number of carbonyl (C=O) groups excluding carboxylic acids is 1. The largest absolute Gasteiger partial charge is 0.481 e. The van der Waals surface area contributed by atoms with Crippen molar-refractivity contribution in [2.45, 2.75) is 25.6 Å². The lowest BCUT2D eigenvalue weighted by molar-refractivity contribution is -0.137. The van der Waals surface area contributed by atoms with E-state index in [2.05, 4.69) is 5.32 Å². The maximum atomic E-state index is 12.5. The van der Waals surface area contributed by atoms with E-state index in [0.717, 1.165) is 17.7 Å². The summed E-state index contributed by atoms with van der Waals surface area (Å²) in [5.41, 5.74) is 0.0418. The van der Waals surface area contributed by atoms with Crippen LogP contribution in [-0.4, -0.2) is 18.6 Å². The van der Waals surface area contributed by atoms with Crippen molar-refractivity contribution in [2.75, 3.05) is 6.54 Å². The van der Waals surface area contributed by atoms with Gasteiger partial charge in [-0.15, -0.1) is 0 Å². The van der Waals surface area contributed by atoms with Crippen LogP contribution in [0.1, 0.15) is 18.1 Å². The van der Waals surface area contributed by atoms with Crippen LogP contribution < -0.4 is 10.1 Å². The minimum absolute atomic E-state index is 0.272. The van der Waals surface area contributed by atoms with Crippen LogP contribution in [0.15, 0.2) is 54.6 Å². The van der Waals surface area contributed by atoms with Crippen molar-refractivity contribution in [3.63, 3.8) is 0 Å². The number of halogens is 3. The van der Waals surface area contributed by atoms with Crippen molar-refractivity contribution in [2.24, 2.45) is 0 Å². The van der Waals surface area contributed by atoms with E-state index in [1.807, 2.05) is 18.2 Å². The lowest BCUT2D eigenvalue weighted by Gasteiger charge is -2.14. The van der Waals surface area contributed by atoms with E-state index < -0.39 is 17.8 Å². The summed E-state index contributed by atoms with van der Waals surface area (Å²) in [5.74, 6) is 0.327. The minimum atomic E-state index is -4.34. The summed E-state index contributed by atoms with van der Waals surface area (Å²) >= 11 is 0. The van der Waals surface area contributed by atoms with Crippen molar-refractivity contribution in [1.82, 2.24) is 5.32 Å². The molecule has 1 N–H and O–H groups in total. The topological polar surface area (TPSA) is 38.3 Å². The normalized spacial score (nSPS) is 12.5. The quantitative estimate of drug-likeness (QED) is 0.870. The first kappa shape index (κ1) is 17.8. The second kappa shape index (κ2) is 7.86. The maximum Gasteiger partial charge on any atom is 0.416 e. The highest BCUT2D eigenvalue weighted by atomic mass is 19.4. The molecular weight excluding hydrogens is 319 g/mol. The molecule has 2 aromatic carbocycles. The average molecular weight is 337 g/mol. The molecule has 0 aliphatic heterocycles. The second-order valence-electron chi connectivity index (χ2n) is 5.31. The smallest absolute Gasteiger partial charge is 0.416 e. The zero-order valence-electron chi connectivity index (χ0n) is 13.1. The first-order valence-electron chi connectivity index (χ1n) is 7.52. The maximum absolute atomic E-state index is 12.5. The van der Waals surface area contributed by atoms with Crippen LogP contribution in [0.5, 0.6) is 5.75 Å². The summed E-state index contributed by atoms with van der Waals surface area (Å²) in [6, 6.07) is 13.9. The Balaban J connectivity index is 1.78. The SMILES string of the molecule is C[C@H](Oc1ccccc1)C(=O)NCCc1ccc(C(F)(F)F)cc1. The van der Waals surface area contributed by atoms with Gasteiger partial charge in [0.25, 0.3) is 5.91 Å². The van der Waals surface area contributed by atoms with E-state index in [4.69, 9.17) is 4.74 Å². The Morgan fingerprint density at radius 1 is 1.08 bits per heavy atom. The molecule has 0 bridgehead atoms. The first-order chi connectivity index (χ1) is 11.4. The van der Waals surface area contributed by atoms with Gasteiger partial charge in [-0.1, -0.05) is 30.3 Å². The molecule has 0 saturated heterocycles. The predicted molar refractivity (Wildman–Crippen MR) is 84.7 cm³/mol. The van der Waals surface area contributed by atoms with Crippen LogP contribution >= 0.6 is 0 Å². The van der Waals surface area contributed by atoms with E-state index in [9.17, 15) is 18.0 Å². The van der Waals surface area contributed by atoms with E-state index in [0.29, 0.717) is 18.7 Å². The number of hydrogen-bond acceptors (Lipinski definition) is 2. The molecule has 3 nitrogen and oxygen atoms in total. The third-order valence-corrected chi connectivity index (χ3v) is 3.42. The summed E-state index contributed by atoms with van der Waals surface area (Å²) in [5, 5.41) is 2.71. The number of para-hydroxylation sites is 1. The molecule has 2 aromatic rings. The summed E-state index contributed by atoms with van der Waals surface area (Å²) < 4.78 is 42.9. The first-order valence-corrected chi connectivity index (χ1v) is 7.52. The highest BCUT2D eigenvalue weighted by Crippen LogP contribution is 2.29. The van der Waals surface area contributed by atoms with Crippen molar-refractivity contribution < 1.29 is 22.7 Å². The summed E-state index contributed by atoms with van der Waals surface area (Å²) in [6.07, 6.45) is -4.54. The number of carbonyl (C=O) groups is 1. The fourth-order valence-electron chi connectivity index (χ4n) is 2.09. The molecule has 0 saturated carbocycles. The molecule has 0 fully saturated rings. The van der Waals surface area contributed by atoms with Gasteiger partial charge in [-0.05, 0) is 43.2 Å². The Morgan fingerprint density at radius 3 is 2.29 bits per heavy atom. The van der Waals surface area contributed by atoms with Gasteiger partial charge in [-0.25, -0.2) is 0 Å². The van der Waals surface area contributed by atoms with Gasteiger partial charge in [-0.3, -0.25) is 4.79 Å². The number of alkyl halides is 3. The number of amides is 1. The molecule has 0 unspecified atom stereocenters. The van der Waals surface area contributed by atoms with Gasteiger partial charge in [0.2, 0.25) is 0 Å². The fraction of sp³-hybridized carbons (Fsp3) is 0.278. The highest BCUT2D eigenvalue weighted by molar-refractivity contribution is 5.80. The molecule has 0 aliphatic rings. The fourth-order valence-corrected chi connectivity index (χ4v) is 2.09. The van der Waals surface area contributed by atoms with Crippen molar-refractivity contribution in [3.05, 3.63) is 65.7 Å². The molecule has 128 valence electrons. The van der Waals surface area contributed by atoms with E-state index in [-0.39, 0.29) is 5.91 Å². The molecule has 0 spiro atoms. The summed E-state index contributed by atoms with van der Waals surface area (Å²) in [4.78, 5) is 11.9. The van der Waals surface area contributed by atoms with Crippen molar-refractivity contribution >= 4 is 5.91 Å². The Bertz CT molecular complexity index is 654. The second-order valence-corrected chi connectivity index (χ2v) is 5.31. The Kier molecular flexibility index (Phi) is 5.84. The Morgan fingerprint density at radius 2 is 1.71 bits per heavy atom. The molecule has 24 heavy (non-hydrogen) atoms. The van der Waals surface area contributed by atoms with Crippen LogP contribution in [0, 0.1) is 0 Å². The minimum Gasteiger partial charge on any atom is -0.481 e. The molecule has 0 radical (unpaired) electrons. The standard InChI is InChI=1S/C18H18F3NO2/c1-13(24-16-5-3-2-4-6-16)17(23)22-12-11-14-7-9-15(10-8-14)18(19,20)21/h2-10,13H,11-12H2,1H3,(H,22,23)/t13-/m0/s1. The van der Waals surface area contributed by atoms with Gasteiger partial charge < -0.3 is 10.1 Å². The number of rotatable bonds is 6. The van der Waals surface area contributed by atoms with Gasteiger partial charge in [0.05, 0.1) is 5.56 Å². The van der Waals surface area contributed by atoms with E-state index in [1.165, 1.54) is 12.1 Å². The Labute approximate surface area is 138 Å². The molecule has 1 atom stereocenters. The highest BCUT2D eigenvalue weighted by Gasteiger charge is 2.29. The van der Waals surface area contributed by atoms with Crippen LogP contribution in [0.3, 0.4) is 0 Å². The van der Waals surface area contributed by atoms with Gasteiger partial charge in [0, 0.05) is 6.54 Å². The van der Waals surface area contributed by atoms with Gasteiger partial charge in [0.1, 0.15) is 5.75 Å². The third-order valence-electron chi connectivity index (χ3n) is 3.42. The molecule has 2 rings (SSSR count). The van der Waals surface area contributed by atoms with Crippen LogP contribution in [-0.2, 0) is 17.4 Å². The summed E-state index contributed by atoms with van der Waals surface area (Å²) in [6.45, 7) is 1.97. The number of benzene rings is 2. The lowest BCUT2D eigenvalue weighted by atomic mass is 10.1. The van der Waals surface area contributed by atoms with E-state index >= 15 is 0 Å². The van der Waals surface area contributed by atoms with Gasteiger partial charge >= 0.3 is 6.18 Å². The Hall–Kier alpha value is -2.50. The summed E-state index contributed by atoms with van der Waals surface area (Å²) in [7, 11) is 0. The lowest BCUT2D eigenvalue weighted by Crippen LogP contribution is -2.37. The number of nitrogens with one attached hydrogen (secondary N) is 1. The molecule has 0 aliphatic carbocycles.